The molecular weight excluding hydrogens is 90.1 g/mol. The van der Waals surface area contributed by atoms with Crippen molar-refractivity contribution in [2.24, 2.45) is 5.92 Å². The van der Waals surface area contributed by atoms with Gasteiger partial charge in [0.2, 0.25) is 6.04 Å². The van der Waals surface area contributed by atoms with Crippen molar-refractivity contribution in [3.8, 4) is 0 Å². The predicted octanol–water partition coefficient (Wildman–Crippen LogP) is 0.803. The molecule has 0 heterocycles. The van der Waals surface area contributed by atoms with E-state index in [1.165, 1.54) is 0 Å². The zero-order chi connectivity index (χ0) is 5.44. The van der Waals surface area contributed by atoms with E-state index in [-0.39, 0.29) is 0 Å². The first kappa shape index (κ1) is 4.75. The monoisotopic (exact) mass is 100 g/mol. The summed E-state index contributed by atoms with van der Waals surface area (Å²) in [6, 6.07) is 0.347. The van der Waals surface area contributed by atoms with E-state index in [1.54, 1.807) is 7.05 Å². The van der Waals surface area contributed by atoms with Crippen LogP contribution < -0.4 is 0 Å². The summed E-state index contributed by atoms with van der Waals surface area (Å²) in [6.45, 7) is 2.10. The second kappa shape index (κ2) is 1.29. The van der Waals surface area contributed by atoms with Crippen LogP contribution in [0.2, 0.25) is 0 Å². The zero-order valence-corrected chi connectivity index (χ0v) is 4.72. The fourth-order valence-electron chi connectivity index (χ4n) is 0.809. The van der Waals surface area contributed by atoms with Gasteiger partial charge in [-0.1, -0.05) is 6.92 Å². The summed E-state index contributed by atoms with van der Waals surface area (Å²) in [7, 11) is 1.59. The lowest BCUT2D eigenvalue weighted by Crippen LogP contribution is -2.03. The predicted molar refractivity (Wildman–Crippen MR) is 27.1 cm³/mol. The Morgan fingerprint density at radius 3 is 2.14 bits per heavy atom. The number of nitrogens with zero attached hydrogens (tertiary/aromatic N) is 1. The molecule has 0 radical (unpaired) electrons. The SMILES string of the molecule is C[C@H]1C[C@@H]1[N+](C)=O. The normalized spacial score (nSPS) is 38.0. The standard InChI is InChI=1S/C5H10NO/c1-4-3-5(4)6(2)7/h4-5H,3H2,1-2H3/q+1/t4-,5-/m0/s1. The minimum Gasteiger partial charge on any atom is -0.0557 e. The van der Waals surface area contributed by atoms with Crippen molar-refractivity contribution in [2.45, 2.75) is 19.4 Å². The first-order chi connectivity index (χ1) is 3.22. The summed E-state index contributed by atoms with van der Waals surface area (Å²) in [5.74, 6) is 0.655. The molecule has 1 saturated carbocycles. The molecule has 0 N–H and O–H groups in total. The summed E-state index contributed by atoms with van der Waals surface area (Å²) in [5, 5.41) is 0. The van der Waals surface area contributed by atoms with Gasteiger partial charge >= 0.3 is 0 Å². The maximum Gasteiger partial charge on any atom is 0.204 e. The summed E-state index contributed by atoms with van der Waals surface area (Å²) in [5.41, 5.74) is 0. The highest BCUT2D eigenvalue weighted by Crippen LogP contribution is 2.31. The molecule has 0 aliphatic heterocycles. The zero-order valence-electron chi connectivity index (χ0n) is 4.72. The molecule has 0 bridgehead atoms. The molecule has 0 aromatic carbocycles. The van der Waals surface area contributed by atoms with E-state index in [0.29, 0.717) is 12.0 Å². The largest absolute Gasteiger partial charge is 0.204 e. The molecule has 0 aromatic heterocycles. The third kappa shape index (κ3) is 0.787. The Bertz CT molecular complexity index is 100. The van der Waals surface area contributed by atoms with Gasteiger partial charge in [-0.3, -0.25) is 0 Å². The Morgan fingerprint density at radius 2 is 2.14 bits per heavy atom. The summed E-state index contributed by atoms with van der Waals surface area (Å²) in [4.78, 5) is 10.3. The Balaban J connectivity index is 2.33. The van der Waals surface area contributed by atoms with Crippen LogP contribution in [0.3, 0.4) is 0 Å². The topological polar surface area (TPSA) is 20.1 Å². The molecular formula is C5H10NO+. The van der Waals surface area contributed by atoms with Crippen LogP contribution in [0.25, 0.3) is 0 Å². The first-order valence-corrected chi connectivity index (χ1v) is 2.62. The smallest absolute Gasteiger partial charge is 0.0557 e. The van der Waals surface area contributed by atoms with Crippen LogP contribution in [0.15, 0.2) is 0 Å². The maximum absolute atomic E-state index is 10.3. The van der Waals surface area contributed by atoms with Gasteiger partial charge in [0.25, 0.3) is 0 Å². The Morgan fingerprint density at radius 1 is 1.71 bits per heavy atom. The van der Waals surface area contributed by atoms with Gasteiger partial charge in [-0.05, 0) is 4.76 Å². The summed E-state index contributed by atoms with van der Waals surface area (Å²) >= 11 is 0. The van der Waals surface area contributed by atoms with Crippen LogP contribution >= 0.6 is 0 Å². The second-order valence-corrected chi connectivity index (χ2v) is 2.33. The molecule has 2 nitrogen and oxygen atoms in total. The van der Waals surface area contributed by atoms with E-state index < -0.39 is 0 Å². The van der Waals surface area contributed by atoms with Crippen molar-refractivity contribution >= 4 is 0 Å². The number of rotatable bonds is 1. The first-order valence-electron chi connectivity index (χ1n) is 2.62. The number of hydrogen-bond acceptors (Lipinski definition) is 1. The molecule has 0 amide bonds. The van der Waals surface area contributed by atoms with Crippen LogP contribution in [0.5, 0.6) is 0 Å². The van der Waals surface area contributed by atoms with Gasteiger partial charge in [-0.15, -0.1) is 0 Å². The van der Waals surface area contributed by atoms with E-state index in [2.05, 4.69) is 6.92 Å². The summed E-state index contributed by atoms with van der Waals surface area (Å²) < 4.78 is 1.05. The highest BCUT2D eigenvalue weighted by Gasteiger charge is 2.44. The van der Waals surface area contributed by atoms with Gasteiger partial charge in [0, 0.05) is 17.2 Å². The molecule has 1 rings (SSSR count). The van der Waals surface area contributed by atoms with Crippen molar-refractivity contribution in [3.63, 3.8) is 0 Å². The van der Waals surface area contributed by atoms with Crippen LogP contribution in [-0.4, -0.2) is 17.8 Å². The highest BCUT2D eigenvalue weighted by molar-refractivity contribution is 4.81. The lowest BCUT2D eigenvalue weighted by Gasteiger charge is -1.74. The van der Waals surface area contributed by atoms with Gasteiger partial charge < -0.3 is 0 Å². The van der Waals surface area contributed by atoms with Crippen LogP contribution in [-0.2, 0) is 0 Å². The molecule has 1 aliphatic carbocycles. The fraction of sp³-hybridized carbons (Fsp3) is 1.00. The van der Waals surface area contributed by atoms with Gasteiger partial charge in [-0.2, -0.15) is 0 Å². The molecule has 2 atom stereocenters. The Labute approximate surface area is 43.1 Å². The molecule has 0 aromatic rings. The van der Waals surface area contributed by atoms with E-state index in [9.17, 15) is 4.91 Å². The average Bonchev–Trinajstić information content (AvgIpc) is 2.17. The molecule has 1 aliphatic rings. The van der Waals surface area contributed by atoms with Crippen LogP contribution in [0.1, 0.15) is 13.3 Å². The van der Waals surface area contributed by atoms with Crippen molar-refractivity contribution in [2.75, 3.05) is 7.05 Å². The molecule has 0 saturated heterocycles. The van der Waals surface area contributed by atoms with E-state index in [1.807, 2.05) is 0 Å². The average molecular weight is 100 g/mol. The summed E-state index contributed by atoms with van der Waals surface area (Å²) in [6.07, 6.45) is 1.10. The van der Waals surface area contributed by atoms with Gasteiger partial charge in [0.1, 0.15) is 0 Å². The molecule has 0 unspecified atom stereocenters. The Hall–Kier alpha value is -0.400. The maximum atomic E-state index is 10.3. The van der Waals surface area contributed by atoms with Gasteiger partial charge in [-0.25, -0.2) is 0 Å². The van der Waals surface area contributed by atoms with Crippen molar-refractivity contribution in [3.05, 3.63) is 4.91 Å². The number of hydrogen-bond donors (Lipinski definition) is 0. The van der Waals surface area contributed by atoms with E-state index >= 15 is 0 Å². The molecule has 1 fully saturated rings. The third-order valence-electron chi connectivity index (χ3n) is 1.53. The van der Waals surface area contributed by atoms with E-state index in [4.69, 9.17) is 0 Å². The second-order valence-electron chi connectivity index (χ2n) is 2.33. The number of nitroso groups, excluding NO2 is 1. The molecule has 2 heteroatoms. The van der Waals surface area contributed by atoms with Gasteiger partial charge in [0.15, 0.2) is 7.05 Å². The van der Waals surface area contributed by atoms with Crippen molar-refractivity contribution in [1.29, 1.82) is 0 Å². The molecule has 7 heavy (non-hydrogen) atoms. The quantitative estimate of drug-likeness (QED) is 0.446. The molecule has 40 valence electrons. The van der Waals surface area contributed by atoms with Crippen molar-refractivity contribution < 1.29 is 4.76 Å². The fourth-order valence-corrected chi connectivity index (χ4v) is 0.809. The van der Waals surface area contributed by atoms with Gasteiger partial charge in [0.05, 0.1) is 0 Å². The highest BCUT2D eigenvalue weighted by atomic mass is 16.3. The molecule has 0 spiro atoms. The minimum atomic E-state index is 0.347. The van der Waals surface area contributed by atoms with Crippen molar-refractivity contribution in [1.82, 2.24) is 0 Å². The van der Waals surface area contributed by atoms with Crippen LogP contribution in [0.4, 0.5) is 0 Å². The lowest BCUT2D eigenvalue weighted by molar-refractivity contribution is -0.536. The van der Waals surface area contributed by atoms with E-state index in [0.717, 1.165) is 11.2 Å². The Kier molecular flexibility index (Phi) is 0.873. The minimum absolute atomic E-state index is 0.347. The lowest BCUT2D eigenvalue weighted by atomic mass is 10.5. The third-order valence-corrected chi connectivity index (χ3v) is 1.53. The van der Waals surface area contributed by atoms with Crippen LogP contribution in [0, 0.1) is 10.8 Å².